The molecule has 4 fully saturated rings. The molecule has 8 atom stereocenters. The first-order valence-corrected chi connectivity index (χ1v) is 12.0. The van der Waals surface area contributed by atoms with Crippen LogP contribution in [0.15, 0.2) is 11.1 Å². The quantitative estimate of drug-likeness (QED) is 0.656. The average molecular weight is 414 g/mol. The predicted molar refractivity (Wildman–Crippen MR) is 111 cm³/mol. The molecule has 5 nitrogen and oxygen atoms in total. The first-order chi connectivity index (χ1) is 14.4. The number of carboxylic acids is 1. The molecule has 4 aliphatic carbocycles. The minimum absolute atomic E-state index is 0.0414. The first-order valence-electron chi connectivity index (χ1n) is 12.0. The van der Waals surface area contributed by atoms with Crippen molar-refractivity contribution in [3.63, 3.8) is 0 Å². The van der Waals surface area contributed by atoms with E-state index in [1.54, 1.807) is 0 Å². The Morgan fingerprint density at radius 2 is 2.10 bits per heavy atom. The van der Waals surface area contributed by atoms with Gasteiger partial charge in [-0.05, 0) is 85.2 Å². The molecular weight excluding hydrogens is 378 g/mol. The molecule has 1 saturated heterocycles. The summed E-state index contributed by atoms with van der Waals surface area (Å²) >= 11 is 0. The molecule has 1 N–H and O–H groups in total. The number of hydrogen-bond acceptors (Lipinski definition) is 4. The van der Waals surface area contributed by atoms with Crippen LogP contribution in [-0.2, 0) is 14.3 Å². The van der Waals surface area contributed by atoms with Gasteiger partial charge in [-0.25, -0.2) is 0 Å². The van der Waals surface area contributed by atoms with E-state index in [1.165, 1.54) is 5.57 Å². The molecular formula is C25H35NO4. The number of nitrogens with zero attached hydrogens (tertiary/aromatic N) is 1. The van der Waals surface area contributed by atoms with Crippen LogP contribution >= 0.6 is 0 Å². The van der Waals surface area contributed by atoms with E-state index in [2.05, 4.69) is 26.8 Å². The van der Waals surface area contributed by atoms with Gasteiger partial charge < -0.3 is 14.6 Å². The molecule has 3 saturated carbocycles. The Labute approximate surface area is 179 Å². The number of rotatable bonds is 5. The van der Waals surface area contributed by atoms with Crippen molar-refractivity contribution in [2.75, 3.05) is 13.2 Å². The second-order valence-electron chi connectivity index (χ2n) is 10.9. The van der Waals surface area contributed by atoms with Gasteiger partial charge in [0.1, 0.15) is 5.41 Å². The summed E-state index contributed by atoms with van der Waals surface area (Å²) in [6.45, 7) is 7.71. The summed E-state index contributed by atoms with van der Waals surface area (Å²) in [6.07, 6.45) is 6.71. The lowest BCUT2D eigenvalue weighted by Gasteiger charge is -2.53. The van der Waals surface area contributed by atoms with Gasteiger partial charge in [-0.1, -0.05) is 27.2 Å². The van der Waals surface area contributed by atoms with Crippen molar-refractivity contribution in [3.8, 4) is 6.07 Å². The van der Waals surface area contributed by atoms with E-state index >= 15 is 0 Å². The van der Waals surface area contributed by atoms with Crippen molar-refractivity contribution in [1.29, 1.82) is 5.26 Å². The van der Waals surface area contributed by atoms with Gasteiger partial charge in [0.25, 0.3) is 0 Å². The van der Waals surface area contributed by atoms with Crippen LogP contribution < -0.4 is 0 Å². The number of carboxylic acid groups (broad SMARTS) is 1. The third-order valence-electron chi connectivity index (χ3n) is 9.52. The van der Waals surface area contributed by atoms with Crippen molar-refractivity contribution in [2.45, 2.75) is 72.0 Å². The second kappa shape index (κ2) is 7.07. The fourth-order valence-electron chi connectivity index (χ4n) is 8.61. The topological polar surface area (TPSA) is 79.5 Å². The van der Waals surface area contributed by atoms with Crippen molar-refractivity contribution in [2.24, 2.45) is 46.3 Å². The van der Waals surface area contributed by atoms with Gasteiger partial charge in [0.2, 0.25) is 0 Å². The van der Waals surface area contributed by atoms with E-state index in [1.807, 2.05) is 0 Å². The molecule has 5 rings (SSSR count). The maximum atomic E-state index is 13.1. The Morgan fingerprint density at radius 3 is 2.73 bits per heavy atom. The second-order valence-corrected chi connectivity index (χ2v) is 10.9. The molecule has 5 aliphatic rings. The maximum absolute atomic E-state index is 13.1. The Morgan fingerprint density at radius 1 is 1.30 bits per heavy atom. The highest BCUT2D eigenvalue weighted by molar-refractivity contribution is 5.85. The minimum Gasteiger partial charge on any atom is -0.481 e. The largest absolute Gasteiger partial charge is 0.481 e. The Kier molecular flexibility index (Phi) is 4.83. The van der Waals surface area contributed by atoms with Gasteiger partial charge in [0, 0.05) is 6.61 Å². The average Bonchev–Trinajstić information content (AvgIpc) is 3.30. The molecule has 0 amide bonds. The third-order valence-corrected chi connectivity index (χ3v) is 9.52. The molecule has 1 heterocycles. The first kappa shape index (κ1) is 20.5. The van der Waals surface area contributed by atoms with E-state index in [0.717, 1.165) is 50.7 Å². The van der Waals surface area contributed by atoms with E-state index in [9.17, 15) is 15.2 Å². The van der Waals surface area contributed by atoms with Crippen LogP contribution in [0.5, 0.6) is 0 Å². The summed E-state index contributed by atoms with van der Waals surface area (Å²) in [4.78, 5) is 13.1. The lowest BCUT2D eigenvalue weighted by Crippen LogP contribution is -2.57. The zero-order valence-electron chi connectivity index (χ0n) is 18.5. The summed E-state index contributed by atoms with van der Waals surface area (Å²) in [5, 5.41) is 21.4. The molecule has 5 heteroatoms. The number of aliphatic carboxylic acids is 1. The maximum Gasteiger partial charge on any atom is 0.315 e. The molecule has 4 bridgehead atoms. The van der Waals surface area contributed by atoms with Crippen LogP contribution in [-0.4, -0.2) is 30.6 Å². The number of hydrogen-bond donors (Lipinski definition) is 1. The Hall–Kier alpha value is -1.38. The zero-order valence-corrected chi connectivity index (χ0v) is 18.5. The van der Waals surface area contributed by atoms with E-state index in [-0.39, 0.29) is 30.0 Å². The van der Waals surface area contributed by atoms with Crippen molar-refractivity contribution in [3.05, 3.63) is 11.1 Å². The molecule has 1 aliphatic heterocycles. The standard InChI is InChI=1S/C25H35NO4/c1-14(2)22-18(12-30-21-6-4-5-9-29-21)17-11-24(13-26)19-8-7-15(3)16(19)10-20(17)25(22,24)23(27)28/h14-17,19-21H,4-12H2,1-3H3,(H,27,28)/t15-,16-,17-,19-,20-,21?,24+,25-/m1/s1. The van der Waals surface area contributed by atoms with E-state index < -0.39 is 16.8 Å². The van der Waals surface area contributed by atoms with Gasteiger partial charge >= 0.3 is 5.97 Å². The summed E-state index contributed by atoms with van der Waals surface area (Å²) in [7, 11) is 0. The van der Waals surface area contributed by atoms with Crippen LogP contribution in [0.25, 0.3) is 0 Å². The molecule has 0 aromatic carbocycles. The lowest BCUT2D eigenvalue weighted by atomic mass is 9.47. The van der Waals surface area contributed by atoms with Crippen molar-refractivity contribution in [1.82, 2.24) is 0 Å². The molecule has 30 heavy (non-hydrogen) atoms. The van der Waals surface area contributed by atoms with Gasteiger partial charge in [0.15, 0.2) is 6.29 Å². The van der Waals surface area contributed by atoms with Crippen LogP contribution in [0.2, 0.25) is 0 Å². The zero-order chi connectivity index (χ0) is 21.3. The van der Waals surface area contributed by atoms with Crippen molar-refractivity contribution >= 4 is 5.97 Å². The van der Waals surface area contributed by atoms with Crippen LogP contribution in [0, 0.1) is 57.7 Å². The number of ether oxygens (including phenoxy) is 2. The fourth-order valence-corrected chi connectivity index (χ4v) is 8.61. The van der Waals surface area contributed by atoms with E-state index in [4.69, 9.17) is 9.47 Å². The van der Waals surface area contributed by atoms with Gasteiger partial charge in [-0.15, -0.1) is 0 Å². The van der Waals surface area contributed by atoms with Gasteiger partial charge in [0.05, 0.1) is 18.1 Å². The van der Waals surface area contributed by atoms with Crippen LogP contribution in [0.3, 0.4) is 0 Å². The summed E-state index contributed by atoms with van der Waals surface area (Å²) in [5.74, 6) is 0.839. The molecule has 164 valence electrons. The third kappa shape index (κ3) is 2.38. The summed E-state index contributed by atoms with van der Waals surface area (Å²) < 4.78 is 12.0. The van der Waals surface area contributed by atoms with Gasteiger partial charge in [-0.2, -0.15) is 5.26 Å². The highest BCUT2D eigenvalue weighted by atomic mass is 16.7. The molecule has 1 unspecified atom stereocenters. The smallest absolute Gasteiger partial charge is 0.315 e. The highest BCUT2D eigenvalue weighted by Crippen LogP contribution is 2.79. The number of fused-ring (bicyclic) bond motifs is 2. The Bertz CT molecular complexity index is 806. The highest BCUT2D eigenvalue weighted by Gasteiger charge is 2.80. The number of carbonyl (C=O) groups is 1. The molecule has 0 radical (unpaired) electrons. The monoisotopic (exact) mass is 413 g/mol. The summed E-state index contributed by atoms with van der Waals surface area (Å²) in [5.41, 5.74) is 0.418. The van der Waals surface area contributed by atoms with Crippen LogP contribution in [0.1, 0.15) is 65.7 Å². The van der Waals surface area contributed by atoms with Crippen LogP contribution in [0.4, 0.5) is 0 Å². The minimum atomic E-state index is -1.03. The van der Waals surface area contributed by atoms with Gasteiger partial charge in [-0.3, -0.25) is 4.79 Å². The van der Waals surface area contributed by atoms with E-state index in [0.29, 0.717) is 24.9 Å². The van der Waals surface area contributed by atoms with Crippen molar-refractivity contribution < 1.29 is 19.4 Å². The predicted octanol–water partition coefficient (Wildman–Crippen LogP) is 4.78. The Balaban J connectivity index is 1.58. The normalized spacial score (nSPS) is 46.9. The summed E-state index contributed by atoms with van der Waals surface area (Å²) in [6, 6.07) is 2.68. The fraction of sp³-hybridized carbons (Fsp3) is 0.840. The molecule has 0 aromatic heterocycles. The molecule has 0 aromatic rings. The number of nitriles is 1. The molecule has 0 spiro atoms. The SMILES string of the molecule is CC(C)C1=C(COC2CCCCO2)[C@H]2C[C@]3(C#N)[C@@H]4CC[C@@H](C)[C@H]4C[C@H]2[C@]13C(=O)O. The lowest BCUT2D eigenvalue weighted by molar-refractivity contribution is -0.162.